The van der Waals surface area contributed by atoms with Crippen LogP contribution in [0, 0.1) is 5.82 Å². The van der Waals surface area contributed by atoms with Gasteiger partial charge in [-0.05, 0) is 24.3 Å². The fraction of sp³-hybridized carbons (Fsp3) is 0.0714. The summed E-state index contributed by atoms with van der Waals surface area (Å²) in [4.78, 5) is 11.9. The lowest BCUT2D eigenvalue weighted by atomic mass is 10.2. The molecule has 0 amide bonds. The molecule has 0 atom stereocenters. The third-order valence-corrected chi connectivity index (χ3v) is 3.34. The molecular formula is C14H10ClFN2O2. The average Bonchev–Trinajstić information content (AvgIpc) is 2.71. The van der Waals surface area contributed by atoms with Crippen LogP contribution in [0.15, 0.2) is 45.6 Å². The molecule has 0 spiro atoms. The van der Waals surface area contributed by atoms with E-state index in [9.17, 15) is 9.18 Å². The highest BCUT2D eigenvalue weighted by Crippen LogP contribution is 2.21. The summed E-state index contributed by atoms with van der Waals surface area (Å²) in [6.45, 7) is 0.0294. The fourth-order valence-corrected chi connectivity index (χ4v) is 2.26. The molecular weight excluding hydrogens is 283 g/mol. The third-order valence-electron chi connectivity index (χ3n) is 3.05. The number of halogens is 2. The number of fused-ring (bicyclic) bond motifs is 1. The van der Waals surface area contributed by atoms with E-state index in [-0.39, 0.29) is 11.6 Å². The summed E-state index contributed by atoms with van der Waals surface area (Å²) in [7, 11) is 0. The van der Waals surface area contributed by atoms with Crippen molar-refractivity contribution in [1.29, 1.82) is 0 Å². The Morgan fingerprint density at radius 2 is 2.10 bits per heavy atom. The van der Waals surface area contributed by atoms with Crippen LogP contribution in [0.4, 0.5) is 10.1 Å². The maximum absolute atomic E-state index is 13.9. The van der Waals surface area contributed by atoms with Crippen LogP contribution in [-0.4, -0.2) is 4.57 Å². The van der Waals surface area contributed by atoms with Crippen LogP contribution < -0.4 is 11.5 Å². The van der Waals surface area contributed by atoms with E-state index in [0.717, 1.165) is 0 Å². The van der Waals surface area contributed by atoms with Gasteiger partial charge >= 0.3 is 5.76 Å². The lowest BCUT2D eigenvalue weighted by molar-refractivity contribution is 0.512. The fourth-order valence-electron chi connectivity index (χ4n) is 2.07. The molecule has 0 radical (unpaired) electrons. The highest BCUT2D eigenvalue weighted by molar-refractivity contribution is 6.30. The molecule has 1 heterocycles. The molecule has 102 valence electrons. The zero-order chi connectivity index (χ0) is 14.3. The number of hydrogen-bond acceptors (Lipinski definition) is 3. The maximum Gasteiger partial charge on any atom is 0.420 e. The lowest BCUT2D eigenvalue weighted by Crippen LogP contribution is -2.15. The Bertz CT molecular complexity index is 854. The standard InChI is InChI=1S/C14H10ClFN2O2/c15-10-3-1-2-8(13(10)16)7-18-11-6-9(17)4-5-12(11)20-14(18)19/h1-6H,7,17H2. The van der Waals surface area contributed by atoms with E-state index in [1.54, 1.807) is 30.3 Å². The molecule has 4 nitrogen and oxygen atoms in total. The second-order valence-electron chi connectivity index (χ2n) is 4.39. The number of aromatic nitrogens is 1. The van der Waals surface area contributed by atoms with Crippen LogP contribution in [0.2, 0.25) is 5.02 Å². The number of nitrogen functional groups attached to an aromatic ring is 1. The van der Waals surface area contributed by atoms with Gasteiger partial charge in [-0.1, -0.05) is 23.7 Å². The van der Waals surface area contributed by atoms with Crippen molar-refractivity contribution < 1.29 is 8.81 Å². The number of rotatable bonds is 2. The van der Waals surface area contributed by atoms with Crippen molar-refractivity contribution in [2.75, 3.05) is 5.73 Å². The van der Waals surface area contributed by atoms with Crippen LogP contribution in [0.1, 0.15) is 5.56 Å². The number of nitrogens with zero attached hydrogens (tertiary/aromatic N) is 1. The van der Waals surface area contributed by atoms with Gasteiger partial charge in [0.1, 0.15) is 5.82 Å². The van der Waals surface area contributed by atoms with Gasteiger partial charge in [-0.15, -0.1) is 0 Å². The summed E-state index contributed by atoms with van der Waals surface area (Å²) in [5.74, 6) is -1.11. The number of hydrogen-bond donors (Lipinski definition) is 1. The molecule has 3 aromatic rings. The molecule has 0 aliphatic rings. The summed E-state index contributed by atoms with van der Waals surface area (Å²) in [6, 6.07) is 9.50. The minimum atomic E-state index is -0.565. The van der Waals surface area contributed by atoms with Gasteiger partial charge in [0, 0.05) is 11.3 Å². The zero-order valence-electron chi connectivity index (χ0n) is 10.3. The van der Waals surface area contributed by atoms with Gasteiger partial charge in [-0.25, -0.2) is 9.18 Å². The molecule has 1 aromatic heterocycles. The molecule has 2 aromatic carbocycles. The van der Waals surface area contributed by atoms with Gasteiger partial charge in [0.2, 0.25) is 0 Å². The van der Waals surface area contributed by atoms with Gasteiger partial charge in [-0.3, -0.25) is 4.57 Å². The Hall–Kier alpha value is -2.27. The zero-order valence-corrected chi connectivity index (χ0v) is 11.0. The number of nitrogens with two attached hydrogens (primary N) is 1. The van der Waals surface area contributed by atoms with Gasteiger partial charge in [-0.2, -0.15) is 0 Å². The largest absolute Gasteiger partial charge is 0.420 e. The van der Waals surface area contributed by atoms with Crippen LogP contribution in [-0.2, 0) is 6.54 Å². The van der Waals surface area contributed by atoms with E-state index in [4.69, 9.17) is 21.8 Å². The third kappa shape index (κ3) is 2.06. The summed E-state index contributed by atoms with van der Waals surface area (Å²) in [6.07, 6.45) is 0. The summed E-state index contributed by atoms with van der Waals surface area (Å²) < 4.78 is 20.3. The van der Waals surface area contributed by atoms with Crippen molar-refractivity contribution >= 4 is 28.4 Å². The first-order chi connectivity index (χ1) is 9.56. The average molecular weight is 293 g/mol. The van der Waals surface area contributed by atoms with Gasteiger partial charge < -0.3 is 10.2 Å². The van der Waals surface area contributed by atoms with Crippen molar-refractivity contribution in [1.82, 2.24) is 4.57 Å². The van der Waals surface area contributed by atoms with Crippen LogP contribution >= 0.6 is 11.6 Å². The van der Waals surface area contributed by atoms with Gasteiger partial charge in [0.15, 0.2) is 5.58 Å². The molecule has 6 heteroatoms. The Labute approximate surface area is 118 Å². The maximum atomic E-state index is 13.9. The molecule has 0 aliphatic carbocycles. The van der Waals surface area contributed by atoms with Gasteiger partial charge in [0.25, 0.3) is 0 Å². The van der Waals surface area contributed by atoms with E-state index in [0.29, 0.717) is 22.4 Å². The quantitative estimate of drug-likeness (QED) is 0.739. The second-order valence-corrected chi connectivity index (χ2v) is 4.80. The molecule has 0 unspecified atom stereocenters. The van der Waals surface area contributed by atoms with Crippen LogP contribution in [0.3, 0.4) is 0 Å². The van der Waals surface area contributed by atoms with Crippen LogP contribution in [0.25, 0.3) is 11.1 Å². The van der Waals surface area contributed by atoms with E-state index in [1.165, 1.54) is 10.6 Å². The Morgan fingerprint density at radius 1 is 1.30 bits per heavy atom. The van der Waals surface area contributed by atoms with Crippen molar-refractivity contribution in [3.8, 4) is 0 Å². The topological polar surface area (TPSA) is 61.2 Å². The minimum absolute atomic E-state index is 0.0165. The Kier molecular flexibility index (Phi) is 2.99. The first-order valence-corrected chi connectivity index (χ1v) is 6.26. The van der Waals surface area contributed by atoms with Gasteiger partial charge in [0.05, 0.1) is 17.1 Å². The summed E-state index contributed by atoms with van der Waals surface area (Å²) in [5, 5.41) is 0.0165. The molecule has 0 fully saturated rings. The van der Waals surface area contributed by atoms with E-state index in [1.807, 2.05) is 0 Å². The van der Waals surface area contributed by atoms with E-state index < -0.39 is 11.6 Å². The molecule has 0 aliphatic heterocycles. The van der Waals surface area contributed by atoms with Crippen molar-refractivity contribution in [2.45, 2.75) is 6.54 Å². The van der Waals surface area contributed by atoms with E-state index in [2.05, 4.69) is 0 Å². The van der Waals surface area contributed by atoms with Crippen molar-refractivity contribution in [2.24, 2.45) is 0 Å². The predicted octanol–water partition coefficient (Wildman–Crippen LogP) is 3.02. The molecule has 0 saturated heterocycles. The SMILES string of the molecule is Nc1ccc2oc(=O)n(Cc3cccc(Cl)c3F)c2c1. The highest BCUT2D eigenvalue weighted by Gasteiger charge is 2.13. The smallest absolute Gasteiger partial charge is 0.408 e. The first-order valence-electron chi connectivity index (χ1n) is 5.88. The molecule has 0 bridgehead atoms. The van der Waals surface area contributed by atoms with E-state index >= 15 is 0 Å². The molecule has 20 heavy (non-hydrogen) atoms. The van der Waals surface area contributed by atoms with Crippen LogP contribution in [0.5, 0.6) is 0 Å². The predicted molar refractivity (Wildman–Crippen MR) is 75.4 cm³/mol. The summed E-state index contributed by atoms with van der Waals surface area (Å²) in [5.41, 5.74) is 7.44. The molecule has 2 N–H and O–H groups in total. The normalized spacial score (nSPS) is 11.1. The molecule has 3 rings (SSSR count). The first kappa shape index (κ1) is 12.7. The number of oxazole rings is 1. The number of benzene rings is 2. The molecule has 0 saturated carbocycles. The Balaban J connectivity index is 2.15. The monoisotopic (exact) mass is 292 g/mol. The minimum Gasteiger partial charge on any atom is -0.408 e. The summed E-state index contributed by atoms with van der Waals surface area (Å²) >= 11 is 5.73. The highest BCUT2D eigenvalue weighted by atomic mass is 35.5. The Morgan fingerprint density at radius 3 is 2.90 bits per heavy atom. The van der Waals surface area contributed by atoms with Crippen molar-refractivity contribution in [3.05, 3.63) is 63.4 Å². The lowest BCUT2D eigenvalue weighted by Gasteiger charge is -2.05. The number of anilines is 1. The van der Waals surface area contributed by atoms with Crippen molar-refractivity contribution in [3.63, 3.8) is 0 Å². The second kappa shape index (κ2) is 4.68.